The van der Waals surface area contributed by atoms with E-state index in [4.69, 9.17) is 0 Å². The molecule has 118 valence electrons. The molecule has 0 unspecified atom stereocenters. The Balaban J connectivity index is 0.000000377. The van der Waals surface area contributed by atoms with Crippen LogP contribution in [0.5, 0.6) is 0 Å². The number of pyridine rings is 1. The van der Waals surface area contributed by atoms with Crippen LogP contribution < -0.4 is 5.43 Å². The summed E-state index contributed by atoms with van der Waals surface area (Å²) in [5.74, 6) is -0.260. The molecule has 4 nitrogen and oxygen atoms in total. The molecule has 1 N–H and O–H groups in total. The van der Waals surface area contributed by atoms with Gasteiger partial charge in [-0.15, -0.1) is 5.56 Å². The van der Waals surface area contributed by atoms with Crippen molar-refractivity contribution in [2.75, 3.05) is 0 Å². The van der Waals surface area contributed by atoms with E-state index in [2.05, 4.69) is 15.5 Å². The van der Waals surface area contributed by atoms with Crippen molar-refractivity contribution < 1.29 is 21.9 Å². The summed E-state index contributed by atoms with van der Waals surface area (Å²) in [4.78, 5) is 15.5. The van der Waals surface area contributed by atoms with Gasteiger partial charge in [0.25, 0.3) is 5.91 Å². The van der Waals surface area contributed by atoms with Gasteiger partial charge in [0.05, 0.1) is 5.56 Å². The van der Waals surface area contributed by atoms with Gasteiger partial charge < -0.3 is 0 Å². The number of nitrogens with one attached hydrogen (secondary N) is 1. The van der Waals surface area contributed by atoms with Crippen molar-refractivity contribution in [2.45, 2.75) is 6.92 Å². The van der Waals surface area contributed by atoms with E-state index < -0.39 is 0 Å². The molecule has 0 fully saturated rings. The molecular formula is C18H17FeN3O. The maximum Gasteiger partial charge on any atom is 2.00 e. The molecule has 0 spiro atoms. The van der Waals surface area contributed by atoms with Crippen LogP contribution in [0.1, 0.15) is 22.8 Å². The fraction of sp³-hybridized carbons (Fsp3) is 0.0556. The van der Waals surface area contributed by atoms with Gasteiger partial charge >= 0.3 is 17.1 Å². The molecule has 0 aliphatic heterocycles. The minimum Gasteiger partial charge on any atom is -0.267 e. The van der Waals surface area contributed by atoms with Crippen molar-refractivity contribution in [1.82, 2.24) is 10.4 Å². The molecule has 1 aromatic heterocycles. The van der Waals surface area contributed by atoms with E-state index in [-0.39, 0.29) is 23.0 Å². The Labute approximate surface area is 146 Å². The van der Waals surface area contributed by atoms with Crippen molar-refractivity contribution in [3.05, 3.63) is 90.3 Å². The van der Waals surface area contributed by atoms with Gasteiger partial charge in [-0.2, -0.15) is 35.4 Å². The van der Waals surface area contributed by atoms with Gasteiger partial charge in [0.15, 0.2) is 0 Å². The predicted molar refractivity (Wildman–Crippen MR) is 88.0 cm³/mol. The Kier molecular flexibility index (Phi) is 8.29. The van der Waals surface area contributed by atoms with Gasteiger partial charge in [-0.3, -0.25) is 9.78 Å². The SMILES string of the molecule is CC(=NNC(=O)c1cccnc1)[c-]1cccc1.[Fe+2].c1cc[cH-]c1. The quantitative estimate of drug-likeness (QED) is 0.342. The van der Waals surface area contributed by atoms with Crippen LogP contribution in [-0.2, 0) is 17.1 Å². The molecule has 23 heavy (non-hydrogen) atoms. The third kappa shape index (κ3) is 6.43. The molecule has 0 aliphatic rings. The smallest absolute Gasteiger partial charge is 0.267 e. The van der Waals surface area contributed by atoms with Crippen LogP contribution in [0.3, 0.4) is 0 Å². The fourth-order valence-electron chi connectivity index (χ4n) is 1.70. The van der Waals surface area contributed by atoms with Gasteiger partial charge in [0, 0.05) is 18.1 Å². The summed E-state index contributed by atoms with van der Waals surface area (Å²) in [6, 6.07) is 21.1. The zero-order chi connectivity index (χ0) is 15.6. The third-order valence-corrected chi connectivity index (χ3v) is 2.88. The van der Waals surface area contributed by atoms with E-state index in [0.29, 0.717) is 5.56 Å². The molecule has 0 radical (unpaired) electrons. The molecule has 0 bridgehead atoms. The standard InChI is InChI=1S/C13H12N3O.C5H5.Fe/c1-10(11-5-2-3-6-11)15-16-13(17)12-7-4-8-14-9-12;1-2-4-5-3-1;/h2-9H,1H3,(H,16,17);1-5H;/q2*-1;+2. The summed E-state index contributed by atoms with van der Waals surface area (Å²) in [6.07, 6.45) is 3.12. The zero-order valence-corrected chi connectivity index (χ0v) is 13.8. The van der Waals surface area contributed by atoms with Crippen molar-refractivity contribution in [1.29, 1.82) is 0 Å². The topological polar surface area (TPSA) is 54.4 Å². The summed E-state index contributed by atoms with van der Waals surface area (Å²) in [5, 5.41) is 4.03. The summed E-state index contributed by atoms with van der Waals surface area (Å²) in [6.45, 7) is 1.85. The van der Waals surface area contributed by atoms with E-state index in [1.54, 1.807) is 18.3 Å². The minimum absolute atomic E-state index is 0. The van der Waals surface area contributed by atoms with Gasteiger partial charge in [0.2, 0.25) is 0 Å². The van der Waals surface area contributed by atoms with Crippen LogP contribution in [0, 0.1) is 0 Å². The summed E-state index contributed by atoms with van der Waals surface area (Å²) in [7, 11) is 0. The number of rotatable bonds is 3. The first kappa shape index (κ1) is 18.6. The Hall–Kier alpha value is -2.49. The van der Waals surface area contributed by atoms with Crippen LogP contribution in [0.25, 0.3) is 0 Å². The number of hydrogen-bond acceptors (Lipinski definition) is 3. The fourth-order valence-corrected chi connectivity index (χ4v) is 1.70. The number of carbonyl (C=O) groups is 1. The Morgan fingerprint density at radius 3 is 2.39 bits per heavy atom. The number of aromatic nitrogens is 1. The molecule has 1 amide bonds. The van der Waals surface area contributed by atoms with Gasteiger partial charge in [-0.25, -0.2) is 29.7 Å². The average molecular weight is 347 g/mol. The molecule has 2 aromatic carbocycles. The first-order valence-corrected chi connectivity index (χ1v) is 6.91. The van der Waals surface area contributed by atoms with E-state index in [0.717, 1.165) is 11.3 Å². The normalized spacial score (nSPS) is 10.0. The van der Waals surface area contributed by atoms with Crippen molar-refractivity contribution in [3.8, 4) is 0 Å². The molecule has 0 atom stereocenters. The van der Waals surface area contributed by atoms with Crippen molar-refractivity contribution in [3.63, 3.8) is 0 Å². The zero-order valence-electron chi connectivity index (χ0n) is 12.7. The van der Waals surface area contributed by atoms with Crippen LogP contribution >= 0.6 is 0 Å². The van der Waals surface area contributed by atoms with E-state index in [1.807, 2.05) is 61.5 Å². The Morgan fingerprint density at radius 2 is 1.87 bits per heavy atom. The second kappa shape index (κ2) is 10.3. The molecule has 3 rings (SSSR count). The molecule has 5 heteroatoms. The van der Waals surface area contributed by atoms with Crippen molar-refractivity contribution >= 4 is 11.6 Å². The van der Waals surface area contributed by atoms with E-state index in [1.165, 1.54) is 6.20 Å². The number of amides is 1. The molecule has 0 saturated heterocycles. The summed E-state index contributed by atoms with van der Waals surface area (Å²) >= 11 is 0. The van der Waals surface area contributed by atoms with E-state index in [9.17, 15) is 4.79 Å². The Morgan fingerprint density at radius 1 is 1.17 bits per heavy atom. The third-order valence-electron chi connectivity index (χ3n) is 2.88. The largest absolute Gasteiger partial charge is 2.00 e. The molecular weight excluding hydrogens is 330 g/mol. The van der Waals surface area contributed by atoms with E-state index >= 15 is 0 Å². The van der Waals surface area contributed by atoms with Crippen LogP contribution in [-0.4, -0.2) is 16.6 Å². The number of carbonyl (C=O) groups excluding carboxylic acids is 1. The number of hydrazone groups is 1. The predicted octanol–water partition coefficient (Wildman–Crippen LogP) is 3.36. The van der Waals surface area contributed by atoms with Crippen LogP contribution in [0.15, 0.2) is 84.2 Å². The second-order valence-electron chi connectivity index (χ2n) is 4.52. The van der Waals surface area contributed by atoms with Gasteiger partial charge in [0.1, 0.15) is 0 Å². The maximum absolute atomic E-state index is 11.7. The average Bonchev–Trinajstić information content (AvgIpc) is 3.28. The second-order valence-corrected chi connectivity index (χ2v) is 4.52. The molecule has 3 aromatic rings. The summed E-state index contributed by atoms with van der Waals surface area (Å²) in [5.41, 5.74) is 4.76. The first-order chi connectivity index (χ1) is 10.8. The molecule has 0 saturated carbocycles. The van der Waals surface area contributed by atoms with Crippen LogP contribution in [0.2, 0.25) is 0 Å². The minimum atomic E-state index is -0.260. The maximum atomic E-state index is 11.7. The number of nitrogens with zero attached hydrogens (tertiary/aromatic N) is 2. The molecule has 1 heterocycles. The van der Waals surface area contributed by atoms with Crippen molar-refractivity contribution in [2.24, 2.45) is 5.10 Å². The van der Waals surface area contributed by atoms with Gasteiger partial charge in [-0.1, -0.05) is 0 Å². The first-order valence-electron chi connectivity index (χ1n) is 6.91. The summed E-state index contributed by atoms with van der Waals surface area (Å²) < 4.78 is 0. The number of hydrogen-bond donors (Lipinski definition) is 1. The molecule has 0 aliphatic carbocycles. The monoisotopic (exact) mass is 347 g/mol. The van der Waals surface area contributed by atoms with Crippen LogP contribution in [0.4, 0.5) is 0 Å². The van der Waals surface area contributed by atoms with Gasteiger partial charge in [-0.05, 0) is 19.1 Å². The Bertz CT molecular complexity index is 672.